The lowest BCUT2D eigenvalue weighted by molar-refractivity contribution is 0.0635. The lowest BCUT2D eigenvalue weighted by atomic mass is 10.2. The Morgan fingerprint density at radius 1 is 1.50 bits per heavy atom. The number of H-pyrrole nitrogens is 1. The van der Waals surface area contributed by atoms with E-state index in [2.05, 4.69) is 15.5 Å². The molecule has 0 radical (unpaired) electrons. The number of aryl methyl sites for hydroxylation is 1. The zero-order valence-electron chi connectivity index (χ0n) is 10.5. The van der Waals surface area contributed by atoms with E-state index >= 15 is 0 Å². The van der Waals surface area contributed by atoms with Gasteiger partial charge in [0.2, 0.25) is 0 Å². The van der Waals surface area contributed by atoms with Gasteiger partial charge in [-0.3, -0.25) is 10.4 Å². The van der Waals surface area contributed by atoms with Gasteiger partial charge >= 0.3 is 6.09 Å². The molecule has 0 aliphatic heterocycles. The molecule has 5 nitrogen and oxygen atoms in total. The molecule has 0 saturated heterocycles. The summed E-state index contributed by atoms with van der Waals surface area (Å²) in [6, 6.07) is 0. The quantitative estimate of drug-likeness (QED) is 0.813. The molecule has 0 aromatic carbocycles. The third-order valence-corrected chi connectivity index (χ3v) is 2.08. The normalized spacial score (nSPS) is 11.3. The monoisotopic (exact) mass is 225 g/mol. The van der Waals surface area contributed by atoms with Gasteiger partial charge in [-0.1, -0.05) is 6.92 Å². The highest BCUT2D eigenvalue weighted by atomic mass is 16.6. The molecule has 0 bridgehead atoms. The fourth-order valence-electron chi connectivity index (χ4n) is 1.30. The Bertz CT molecular complexity index is 377. The van der Waals surface area contributed by atoms with E-state index in [1.807, 2.05) is 34.6 Å². The number of hydrogen-bond donors (Lipinski definition) is 2. The number of aromatic amines is 1. The van der Waals surface area contributed by atoms with Gasteiger partial charge in [0.1, 0.15) is 5.60 Å². The van der Waals surface area contributed by atoms with Crippen molar-refractivity contribution in [2.45, 2.75) is 46.6 Å². The number of ether oxygens (including phenoxy) is 1. The molecule has 1 amide bonds. The third kappa shape index (κ3) is 3.25. The average molecular weight is 225 g/mol. The Balaban J connectivity index is 2.67. The summed E-state index contributed by atoms with van der Waals surface area (Å²) in [5.41, 5.74) is 1.47. The fourth-order valence-corrected chi connectivity index (χ4v) is 1.30. The van der Waals surface area contributed by atoms with Crippen molar-refractivity contribution in [1.82, 2.24) is 10.2 Å². The van der Waals surface area contributed by atoms with E-state index in [1.165, 1.54) is 0 Å². The Kier molecular flexibility index (Phi) is 3.57. The van der Waals surface area contributed by atoms with Gasteiger partial charge < -0.3 is 4.74 Å². The van der Waals surface area contributed by atoms with E-state index in [0.717, 1.165) is 17.7 Å². The number of nitrogens with one attached hydrogen (secondary N) is 2. The summed E-state index contributed by atoms with van der Waals surface area (Å²) in [5, 5.41) is 9.51. The average Bonchev–Trinajstić information content (AvgIpc) is 2.44. The SMILES string of the molecule is CCc1[nH]nc(NC(=O)OC(C)(C)C)c1C. The molecule has 0 aliphatic carbocycles. The molecule has 0 saturated carbocycles. The van der Waals surface area contributed by atoms with Crippen LogP contribution in [0.3, 0.4) is 0 Å². The van der Waals surface area contributed by atoms with Crippen molar-refractivity contribution in [3.63, 3.8) is 0 Å². The standard InChI is InChI=1S/C11H19N3O2/c1-6-8-7(2)9(14-13-8)12-10(15)16-11(3,4)5/h6H2,1-5H3,(H2,12,13,14,15). The summed E-state index contributed by atoms with van der Waals surface area (Å²) in [7, 11) is 0. The molecule has 0 unspecified atom stereocenters. The van der Waals surface area contributed by atoms with Crippen LogP contribution in [0.2, 0.25) is 0 Å². The zero-order valence-corrected chi connectivity index (χ0v) is 10.5. The maximum Gasteiger partial charge on any atom is 0.413 e. The molecule has 0 atom stereocenters. The second-order valence-corrected chi connectivity index (χ2v) is 4.66. The number of hydrogen-bond acceptors (Lipinski definition) is 3. The first kappa shape index (κ1) is 12.5. The van der Waals surface area contributed by atoms with Gasteiger partial charge in [0.25, 0.3) is 0 Å². The maximum atomic E-state index is 11.5. The zero-order chi connectivity index (χ0) is 12.3. The predicted octanol–water partition coefficient (Wildman–Crippen LogP) is 2.63. The molecule has 0 fully saturated rings. The van der Waals surface area contributed by atoms with E-state index < -0.39 is 11.7 Å². The summed E-state index contributed by atoms with van der Waals surface area (Å²) < 4.78 is 5.14. The van der Waals surface area contributed by atoms with Crippen molar-refractivity contribution in [2.24, 2.45) is 0 Å². The van der Waals surface area contributed by atoms with Crippen LogP contribution in [-0.4, -0.2) is 21.9 Å². The molecular weight excluding hydrogens is 206 g/mol. The molecule has 0 spiro atoms. The smallest absolute Gasteiger partial charge is 0.413 e. The molecule has 2 N–H and O–H groups in total. The van der Waals surface area contributed by atoms with E-state index in [4.69, 9.17) is 4.74 Å². The van der Waals surface area contributed by atoms with Crippen molar-refractivity contribution < 1.29 is 9.53 Å². The van der Waals surface area contributed by atoms with E-state index in [-0.39, 0.29) is 0 Å². The molecule has 5 heteroatoms. The van der Waals surface area contributed by atoms with Gasteiger partial charge in [0.15, 0.2) is 5.82 Å². The van der Waals surface area contributed by atoms with Gasteiger partial charge in [-0.2, -0.15) is 5.10 Å². The van der Waals surface area contributed by atoms with Crippen molar-refractivity contribution in [1.29, 1.82) is 0 Å². The van der Waals surface area contributed by atoms with Crippen molar-refractivity contribution in [2.75, 3.05) is 5.32 Å². The second-order valence-electron chi connectivity index (χ2n) is 4.66. The van der Waals surface area contributed by atoms with Crippen LogP contribution in [0.4, 0.5) is 10.6 Å². The summed E-state index contributed by atoms with van der Waals surface area (Å²) in [6.45, 7) is 9.40. The summed E-state index contributed by atoms with van der Waals surface area (Å²) in [5.74, 6) is 0.533. The van der Waals surface area contributed by atoms with Gasteiger partial charge in [-0.25, -0.2) is 4.79 Å². The van der Waals surface area contributed by atoms with E-state index in [9.17, 15) is 4.79 Å². The predicted molar refractivity (Wildman–Crippen MR) is 62.6 cm³/mol. The van der Waals surface area contributed by atoms with Crippen LogP contribution in [-0.2, 0) is 11.2 Å². The van der Waals surface area contributed by atoms with Crippen molar-refractivity contribution in [3.8, 4) is 0 Å². The molecular formula is C11H19N3O2. The van der Waals surface area contributed by atoms with Crippen molar-refractivity contribution >= 4 is 11.9 Å². The Morgan fingerprint density at radius 3 is 2.56 bits per heavy atom. The van der Waals surface area contributed by atoms with E-state index in [1.54, 1.807) is 0 Å². The number of rotatable bonds is 2. The lowest BCUT2D eigenvalue weighted by Crippen LogP contribution is -2.27. The topological polar surface area (TPSA) is 67.0 Å². The first-order valence-corrected chi connectivity index (χ1v) is 5.37. The third-order valence-electron chi connectivity index (χ3n) is 2.08. The van der Waals surface area contributed by atoms with Crippen LogP contribution >= 0.6 is 0 Å². The van der Waals surface area contributed by atoms with Gasteiger partial charge in [0.05, 0.1) is 0 Å². The van der Waals surface area contributed by atoms with Gasteiger partial charge in [0, 0.05) is 11.3 Å². The Hall–Kier alpha value is -1.52. The van der Waals surface area contributed by atoms with Crippen LogP contribution < -0.4 is 5.32 Å². The fraction of sp³-hybridized carbons (Fsp3) is 0.636. The summed E-state index contributed by atoms with van der Waals surface area (Å²) >= 11 is 0. The Morgan fingerprint density at radius 2 is 2.12 bits per heavy atom. The summed E-state index contributed by atoms with van der Waals surface area (Å²) in [6.07, 6.45) is 0.374. The molecule has 90 valence electrons. The molecule has 1 heterocycles. The number of aromatic nitrogens is 2. The van der Waals surface area contributed by atoms with Crippen LogP contribution in [0.25, 0.3) is 0 Å². The van der Waals surface area contributed by atoms with E-state index in [0.29, 0.717) is 5.82 Å². The first-order valence-electron chi connectivity index (χ1n) is 5.37. The van der Waals surface area contributed by atoms with Crippen LogP contribution in [0.5, 0.6) is 0 Å². The number of anilines is 1. The highest BCUT2D eigenvalue weighted by molar-refractivity contribution is 5.84. The van der Waals surface area contributed by atoms with Crippen LogP contribution in [0.15, 0.2) is 0 Å². The highest BCUT2D eigenvalue weighted by Gasteiger charge is 2.18. The number of nitrogens with zero attached hydrogens (tertiary/aromatic N) is 1. The Labute approximate surface area is 95.6 Å². The van der Waals surface area contributed by atoms with Crippen LogP contribution in [0, 0.1) is 6.92 Å². The van der Waals surface area contributed by atoms with Gasteiger partial charge in [-0.15, -0.1) is 0 Å². The molecule has 1 aromatic heterocycles. The second kappa shape index (κ2) is 4.55. The lowest BCUT2D eigenvalue weighted by Gasteiger charge is -2.19. The maximum absolute atomic E-state index is 11.5. The van der Waals surface area contributed by atoms with Crippen molar-refractivity contribution in [3.05, 3.63) is 11.3 Å². The minimum Gasteiger partial charge on any atom is -0.444 e. The molecule has 1 rings (SSSR count). The minimum atomic E-state index is -0.498. The van der Waals surface area contributed by atoms with Gasteiger partial charge in [-0.05, 0) is 34.1 Å². The summed E-state index contributed by atoms with van der Waals surface area (Å²) in [4.78, 5) is 11.5. The molecule has 1 aromatic rings. The molecule has 0 aliphatic rings. The van der Waals surface area contributed by atoms with Crippen LogP contribution in [0.1, 0.15) is 39.0 Å². The largest absolute Gasteiger partial charge is 0.444 e. The highest BCUT2D eigenvalue weighted by Crippen LogP contribution is 2.16. The number of carbonyl (C=O) groups excluding carboxylic acids is 1. The first-order chi connectivity index (χ1) is 7.33. The number of carbonyl (C=O) groups is 1. The number of amides is 1. The molecule has 16 heavy (non-hydrogen) atoms. The minimum absolute atomic E-state index is 0.482.